The molecule has 12 heteroatoms. The van der Waals surface area contributed by atoms with Gasteiger partial charge in [0.2, 0.25) is 5.95 Å². The number of fused-ring (bicyclic) bond motifs is 1. The summed E-state index contributed by atoms with van der Waals surface area (Å²) in [6.07, 6.45) is 1.45. The molecule has 0 unspecified atom stereocenters. The second-order valence-electron chi connectivity index (χ2n) is 8.96. The van der Waals surface area contributed by atoms with Crippen LogP contribution >= 0.6 is 0 Å². The minimum absolute atomic E-state index is 0.0400. The van der Waals surface area contributed by atoms with Gasteiger partial charge in [0.15, 0.2) is 6.61 Å². The van der Waals surface area contributed by atoms with Crippen LogP contribution in [0.2, 0.25) is 0 Å². The van der Waals surface area contributed by atoms with Crippen LogP contribution in [0.25, 0.3) is 22.4 Å². The van der Waals surface area contributed by atoms with Crippen molar-refractivity contribution < 1.29 is 22.7 Å². The number of aromatic amines is 1. The summed E-state index contributed by atoms with van der Waals surface area (Å²) < 4.78 is 32.6. The molecule has 1 amide bonds. The maximum absolute atomic E-state index is 12.6. The number of H-pyrrole nitrogens is 1. The van der Waals surface area contributed by atoms with Crippen LogP contribution in [0.1, 0.15) is 21.6 Å². The summed E-state index contributed by atoms with van der Waals surface area (Å²) in [5.74, 6) is -0.621. The van der Waals surface area contributed by atoms with E-state index in [0.717, 1.165) is 11.1 Å². The van der Waals surface area contributed by atoms with Gasteiger partial charge >= 0.3 is 5.97 Å². The molecule has 0 aliphatic heterocycles. The number of carbonyl (C=O) groups is 2. The zero-order valence-electron chi connectivity index (χ0n) is 21.5. The highest BCUT2D eigenvalue weighted by Crippen LogP contribution is 2.22. The molecule has 5 aromatic rings. The van der Waals surface area contributed by atoms with Gasteiger partial charge in [0.1, 0.15) is 5.82 Å². The van der Waals surface area contributed by atoms with E-state index in [9.17, 15) is 18.0 Å². The molecule has 3 aromatic carbocycles. The minimum Gasteiger partial charge on any atom is -0.452 e. The Hall–Kier alpha value is -5.10. The fourth-order valence-electron chi connectivity index (χ4n) is 3.79. The number of anilines is 2. The molecule has 202 valence electrons. The quantitative estimate of drug-likeness (QED) is 0.240. The molecule has 0 fully saturated rings. The number of rotatable bonds is 8. The standard InChI is InChI=1S/C28H24N6O5S/c1-17-3-5-19(6-4-17)26-32-23-12-7-20(15-24(23)33-26)27(36)39-16-25(35)31-21-8-10-22(11-9-21)40(37,38)34-28-29-14-13-18(2)30-28/h3-15H,16H2,1-2H3,(H,31,35)(H,32,33)(H,29,30,34). The highest BCUT2D eigenvalue weighted by molar-refractivity contribution is 7.92. The summed E-state index contributed by atoms with van der Waals surface area (Å²) in [6.45, 7) is 3.20. The third-order valence-corrected chi connectivity index (χ3v) is 7.19. The highest BCUT2D eigenvalue weighted by Gasteiger charge is 2.17. The Labute approximate surface area is 229 Å². The summed E-state index contributed by atoms with van der Waals surface area (Å²) in [5.41, 5.74) is 4.62. The van der Waals surface area contributed by atoms with Crippen molar-refractivity contribution in [1.82, 2.24) is 19.9 Å². The molecule has 3 N–H and O–H groups in total. The predicted octanol–water partition coefficient (Wildman–Crippen LogP) is 4.23. The van der Waals surface area contributed by atoms with Crippen LogP contribution in [0, 0.1) is 13.8 Å². The number of nitrogens with one attached hydrogen (secondary N) is 3. The van der Waals surface area contributed by atoms with E-state index in [0.29, 0.717) is 28.2 Å². The van der Waals surface area contributed by atoms with E-state index < -0.39 is 28.5 Å². The molecular weight excluding hydrogens is 532 g/mol. The summed E-state index contributed by atoms with van der Waals surface area (Å²) in [6, 6.07) is 19.9. The first-order valence-electron chi connectivity index (χ1n) is 12.1. The summed E-state index contributed by atoms with van der Waals surface area (Å²) >= 11 is 0. The second kappa shape index (κ2) is 10.9. The van der Waals surface area contributed by atoms with E-state index in [2.05, 4.69) is 30.0 Å². The van der Waals surface area contributed by atoms with Crippen LogP contribution < -0.4 is 10.0 Å². The first-order chi connectivity index (χ1) is 19.2. The van der Waals surface area contributed by atoms with E-state index in [-0.39, 0.29) is 16.4 Å². The lowest BCUT2D eigenvalue weighted by Crippen LogP contribution is -2.21. The van der Waals surface area contributed by atoms with Crippen LogP contribution in [-0.2, 0) is 19.6 Å². The number of aryl methyl sites for hydroxylation is 2. The molecule has 0 saturated carbocycles. The number of aromatic nitrogens is 4. The fraction of sp³-hybridized carbons (Fsp3) is 0.107. The van der Waals surface area contributed by atoms with Crippen LogP contribution in [0.4, 0.5) is 11.6 Å². The molecule has 5 rings (SSSR count). The molecule has 0 aliphatic carbocycles. The maximum Gasteiger partial charge on any atom is 0.338 e. The first kappa shape index (κ1) is 26.5. The van der Waals surface area contributed by atoms with Crippen LogP contribution in [0.15, 0.2) is 83.9 Å². The topological polar surface area (TPSA) is 156 Å². The third kappa shape index (κ3) is 6.13. The van der Waals surface area contributed by atoms with Gasteiger partial charge in [-0.1, -0.05) is 29.8 Å². The number of hydrogen-bond acceptors (Lipinski definition) is 8. The molecule has 2 heterocycles. The number of nitrogens with zero attached hydrogens (tertiary/aromatic N) is 3. The zero-order chi connectivity index (χ0) is 28.3. The van der Waals surface area contributed by atoms with Crippen molar-refractivity contribution in [2.45, 2.75) is 18.7 Å². The van der Waals surface area contributed by atoms with Gasteiger partial charge in [-0.3, -0.25) is 4.79 Å². The van der Waals surface area contributed by atoms with Crippen molar-refractivity contribution in [1.29, 1.82) is 0 Å². The number of hydrogen-bond donors (Lipinski definition) is 3. The van der Waals surface area contributed by atoms with Crippen molar-refractivity contribution in [2.75, 3.05) is 16.6 Å². The smallest absolute Gasteiger partial charge is 0.338 e. The lowest BCUT2D eigenvalue weighted by molar-refractivity contribution is -0.119. The van der Waals surface area contributed by atoms with Gasteiger partial charge in [-0.2, -0.15) is 0 Å². The van der Waals surface area contributed by atoms with E-state index in [4.69, 9.17) is 4.74 Å². The van der Waals surface area contributed by atoms with E-state index in [1.165, 1.54) is 30.5 Å². The molecular formula is C28H24N6O5S. The van der Waals surface area contributed by atoms with Gasteiger partial charge in [-0.05, 0) is 62.4 Å². The van der Waals surface area contributed by atoms with Crippen LogP contribution in [0.3, 0.4) is 0 Å². The molecule has 0 atom stereocenters. The minimum atomic E-state index is -3.92. The van der Waals surface area contributed by atoms with Gasteiger partial charge in [-0.25, -0.2) is 32.9 Å². The number of esters is 1. The van der Waals surface area contributed by atoms with Gasteiger partial charge in [0.05, 0.1) is 21.5 Å². The maximum atomic E-state index is 12.6. The number of ether oxygens (including phenoxy) is 1. The average molecular weight is 557 g/mol. The van der Waals surface area contributed by atoms with Crippen molar-refractivity contribution in [3.63, 3.8) is 0 Å². The van der Waals surface area contributed by atoms with Gasteiger partial charge in [0, 0.05) is 23.1 Å². The SMILES string of the molecule is Cc1ccc(-c2nc3ccc(C(=O)OCC(=O)Nc4ccc(S(=O)(=O)Nc5nccc(C)n5)cc4)cc3[nH]2)cc1. The first-order valence-corrected chi connectivity index (χ1v) is 13.6. The van der Waals surface area contributed by atoms with E-state index in [1.807, 2.05) is 31.2 Å². The third-order valence-electron chi connectivity index (χ3n) is 5.85. The normalized spacial score (nSPS) is 11.2. The van der Waals surface area contributed by atoms with E-state index in [1.54, 1.807) is 31.2 Å². The lowest BCUT2D eigenvalue weighted by Gasteiger charge is -2.09. The van der Waals surface area contributed by atoms with Gasteiger partial charge in [-0.15, -0.1) is 0 Å². The Morgan fingerprint density at radius 2 is 1.68 bits per heavy atom. The summed E-state index contributed by atoms with van der Waals surface area (Å²) in [5, 5.41) is 2.57. The van der Waals surface area contributed by atoms with Crippen molar-refractivity contribution in [3.8, 4) is 11.4 Å². The highest BCUT2D eigenvalue weighted by atomic mass is 32.2. The zero-order valence-corrected chi connectivity index (χ0v) is 22.3. The Bertz CT molecular complexity index is 1820. The summed E-state index contributed by atoms with van der Waals surface area (Å²) in [4.78, 5) is 40.5. The molecule has 0 radical (unpaired) electrons. The molecule has 40 heavy (non-hydrogen) atoms. The molecule has 0 saturated heterocycles. The van der Waals surface area contributed by atoms with Gasteiger partial charge < -0.3 is 15.0 Å². The predicted molar refractivity (Wildman–Crippen MR) is 149 cm³/mol. The van der Waals surface area contributed by atoms with E-state index >= 15 is 0 Å². The Kier molecular flexibility index (Phi) is 7.25. The Morgan fingerprint density at radius 1 is 0.925 bits per heavy atom. The number of amides is 1. The Morgan fingerprint density at radius 3 is 2.40 bits per heavy atom. The number of carbonyl (C=O) groups excluding carboxylic acids is 2. The van der Waals surface area contributed by atoms with Crippen molar-refractivity contribution in [2.24, 2.45) is 0 Å². The number of benzene rings is 3. The number of sulfonamides is 1. The van der Waals surface area contributed by atoms with Crippen LogP contribution in [0.5, 0.6) is 0 Å². The molecule has 2 aromatic heterocycles. The van der Waals surface area contributed by atoms with Crippen molar-refractivity contribution in [3.05, 3.63) is 95.8 Å². The van der Waals surface area contributed by atoms with Crippen LogP contribution in [-0.4, -0.2) is 46.8 Å². The fourth-order valence-corrected chi connectivity index (χ4v) is 4.74. The largest absolute Gasteiger partial charge is 0.452 e. The monoisotopic (exact) mass is 556 g/mol. The average Bonchev–Trinajstić information content (AvgIpc) is 3.36. The molecule has 0 bridgehead atoms. The molecule has 0 aliphatic rings. The van der Waals surface area contributed by atoms with Crippen molar-refractivity contribution >= 4 is 44.6 Å². The number of imidazole rings is 1. The molecule has 11 nitrogen and oxygen atoms in total. The lowest BCUT2D eigenvalue weighted by atomic mass is 10.1. The second-order valence-corrected chi connectivity index (χ2v) is 10.6. The summed E-state index contributed by atoms with van der Waals surface area (Å²) in [7, 11) is -3.92. The molecule has 0 spiro atoms. The van der Waals surface area contributed by atoms with Gasteiger partial charge in [0.25, 0.3) is 15.9 Å². The Balaban J connectivity index is 1.17.